The molecule has 1 aromatic carbocycles. The lowest BCUT2D eigenvalue weighted by molar-refractivity contribution is -0.143. The lowest BCUT2D eigenvalue weighted by Crippen LogP contribution is -2.33. The van der Waals surface area contributed by atoms with E-state index in [2.05, 4.69) is 10.4 Å². The Morgan fingerprint density at radius 2 is 2.00 bits per heavy atom. The summed E-state index contributed by atoms with van der Waals surface area (Å²) in [5, 5.41) is 6.87. The Balaban J connectivity index is 2.26. The molecule has 0 bridgehead atoms. The molecule has 0 fully saturated rings. The zero-order chi connectivity index (χ0) is 21.2. The van der Waals surface area contributed by atoms with E-state index < -0.39 is 17.9 Å². The maximum Gasteiger partial charge on any atom is 0.308 e. The molecule has 1 aromatic heterocycles. The normalized spacial score (nSPS) is 11.6. The maximum absolute atomic E-state index is 12.8. The first-order chi connectivity index (χ1) is 14.0. The third kappa shape index (κ3) is 6.42. The number of amides is 1. The van der Waals surface area contributed by atoms with E-state index in [9.17, 15) is 14.4 Å². The molecular formula is C20H25N3O6. The standard InChI is InChI=1S/C20H25N3O6/c1-4-29-19(25)13-17(14-6-5-7-15(12-14)28-3)21-20(26)16-8-9-18(24)23(22-16)10-11-27-2/h5-9,12,17H,4,10-11,13H2,1-3H3,(H,21,26)/t17-/m1/s1. The third-order valence-electron chi connectivity index (χ3n) is 4.08. The van der Waals surface area contributed by atoms with Crippen LogP contribution >= 0.6 is 0 Å². The highest BCUT2D eigenvalue weighted by atomic mass is 16.5. The summed E-state index contributed by atoms with van der Waals surface area (Å²) in [6, 6.07) is 8.99. The fraction of sp³-hybridized carbons (Fsp3) is 0.400. The van der Waals surface area contributed by atoms with Crippen LogP contribution in [0.4, 0.5) is 0 Å². The third-order valence-corrected chi connectivity index (χ3v) is 4.08. The topological polar surface area (TPSA) is 109 Å². The molecule has 2 aromatic rings. The van der Waals surface area contributed by atoms with E-state index in [1.165, 1.54) is 26.4 Å². The molecule has 1 heterocycles. The number of benzene rings is 1. The molecule has 1 amide bonds. The average molecular weight is 403 g/mol. The van der Waals surface area contributed by atoms with Crippen molar-refractivity contribution in [3.05, 3.63) is 58.0 Å². The summed E-state index contributed by atoms with van der Waals surface area (Å²) in [6.45, 7) is 2.46. The Bertz CT molecular complexity index is 896. The van der Waals surface area contributed by atoms with Crippen molar-refractivity contribution in [2.45, 2.75) is 25.9 Å². The van der Waals surface area contributed by atoms with Gasteiger partial charge in [0, 0.05) is 13.2 Å². The summed E-state index contributed by atoms with van der Waals surface area (Å²) < 4.78 is 16.3. The summed E-state index contributed by atoms with van der Waals surface area (Å²) in [5.74, 6) is -0.372. The number of carbonyl (C=O) groups is 2. The Labute approximate surface area is 168 Å². The van der Waals surface area contributed by atoms with Gasteiger partial charge in [-0.15, -0.1) is 0 Å². The lowest BCUT2D eigenvalue weighted by Gasteiger charge is -2.19. The largest absolute Gasteiger partial charge is 0.497 e. The lowest BCUT2D eigenvalue weighted by atomic mass is 10.0. The van der Waals surface area contributed by atoms with Crippen LogP contribution in [0.2, 0.25) is 0 Å². The second kappa shape index (κ2) is 11.0. The van der Waals surface area contributed by atoms with Crippen molar-refractivity contribution in [3.8, 4) is 5.75 Å². The van der Waals surface area contributed by atoms with E-state index in [4.69, 9.17) is 14.2 Å². The second-order valence-electron chi connectivity index (χ2n) is 6.08. The smallest absolute Gasteiger partial charge is 0.308 e. The number of nitrogens with zero attached hydrogens (tertiary/aromatic N) is 2. The quantitative estimate of drug-likeness (QED) is 0.596. The van der Waals surface area contributed by atoms with Gasteiger partial charge in [0.1, 0.15) is 11.4 Å². The van der Waals surface area contributed by atoms with Gasteiger partial charge in [0.25, 0.3) is 11.5 Å². The first-order valence-corrected chi connectivity index (χ1v) is 9.16. The fourth-order valence-electron chi connectivity index (χ4n) is 2.64. The Morgan fingerprint density at radius 3 is 2.69 bits per heavy atom. The molecule has 0 unspecified atom stereocenters. The minimum absolute atomic E-state index is 0.0532. The number of hydrogen-bond donors (Lipinski definition) is 1. The van der Waals surface area contributed by atoms with Crippen molar-refractivity contribution in [2.24, 2.45) is 0 Å². The minimum Gasteiger partial charge on any atom is -0.497 e. The van der Waals surface area contributed by atoms with Crippen LogP contribution in [0.5, 0.6) is 5.75 Å². The monoisotopic (exact) mass is 403 g/mol. The van der Waals surface area contributed by atoms with Crippen LogP contribution in [0.3, 0.4) is 0 Å². The average Bonchev–Trinajstić information content (AvgIpc) is 2.72. The van der Waals surface area contributed by atoms with Crippen LogP contribution in [0, 0.1) is 0 Å². The van der Waals surface area contributed by atoms with Crippen LogP contribution in [0.25, 0.3) is 0 Å². The van der Waals surface area contributed by atoms with Gasteiger partial charge in [-0.05, 0) is 30.7 Å². The number of hydrogen-bond acceptors (Lipinski definition) is 7. The number of esters is 1. The van der Waals surface area contributed by atoms with Crippen molar-refractivity contribution in [1.29, 1.82) is 0 Å². The number of aromatic nitrogens is 2. The van der Waals surface area contributed by atoms with E-state index in [-0.39, 0.29) is 37.4 Å². The number of methoxy groups -OCH3 is 2. The number of carbonyl (C=O) groups excluding carboxylic acids is 2. The molecule has 29 heavy (non-hydrogen) atoms. The molecule has 0 saturated heterocycles. The zero-order valence-corrected chi connectivity index (χ0v) is 16.7. The Hall–Kier alpha value is -3.20. The first kappa shape index (κ1) is 22.1. The highest BCUT2D eigenvalue weighted by molar-refractivity contribution is 5.92. The second-order valence-corrected chi connectivity index (χ2v) is 6.08. The van der Waals surface area contributed by atoms with Gasteiger partial charge in [-0.25, -0.2) is 4.68 Å². The zero-order valence-electron chi connectivity index (χ0n) is 16.7. The highest BCUT2D eigenvalue weighted by Crippen LogP contribution is 2.22. The summed E-state index contributed by atoms with van der Waals surface area (Å²) in [5.41, 5.74) is 0.394. The summed E-state index contributed by atoms with van der Waals surface area (Å²) >= 11 is 0. The molecule has 156 valence electrons. The molecular weight excluding hydrogens is 378 g/mol. The predicted molar refractivity (Wildman–Crippen MR) is 105 cm³/mol. The van der Waals surface area contributed by atoms with Gasteiger partial charge in [0.15, 0.2) is 0 Å². The van der Waals surface area contributed by atoms with E-state index in [0.29, 0.717) is 11.3 Å². The first-order valence-electron chi connectivity index (χ1n) is 9.16. The highest BCUT2D eigenvalue weighted by Gasteiger charge is 2.21. The number of nitrogens with one attached hydrogen (secondary N) is 1. The van der Waals surface area contributed by atoms with Gasteiger partial charge < -0.3 is 19.5 Å². The van der Waals surface area contributed by atoms with Gasteiger partial charge in [0.2, 0.25) is 0 Å². The number of rotatable bonds is 10. The molecule has 2 rings (SSSR count). The van der Waals surface area contributed by atoms with Crippen LogP contribution < -0.4 is 15.6 Å². The van der Waals surface area contributed by atoms with Crippen LogP contribution in [-0.2, 0) is 20.8 Å². The molecule has 1 atom stereocenters. The minimum atomic E-state index is -0.655. The van der Waals surface area contributed by atoms with Crippen molar-refractivity contribution in [3.63, 3.8) is 0 Å². The Morgan fingerprint density at radius 1 is 1.21 bits per heavy atom. The number of ether oxygens (including phenoxy) is 3. The molecule has 0 aliphatic heterocycles. The van der Waals surface area contributed by atoms with Crippen molar-refractivity contribution in [2.75, 3.05) is 27.4 Å². The predicted octanol–water partition coefficient (Wildman–Crippen LogP) is 1.32. The molecule has 9 nitrogen and oxygen atoms in total. The van der Waals surface area contributed by atoms with Gasteiger partial charge in [-0.3, -0.25) is 14.4 Å². The van der Waals surface area contributed by atoms with Crippen LogP contribution in [0.1, 0.15) is 35.4 Å². The molecule has 0 aliphatic carbocycles. The van der Waals surface area contributed by atoms with Crippen LogP contribution in [0.15, 0.2) is 41.2 Å². The van der Waals surface area contributed by atoms with E-state index in [0.717, 1.165) is 4.68 Å². The van der Waals surface area contributed by atoms with Gasteiger partial charge in [-0.1, -0.05) is 12.1 Å². The molecule has 9 heteroatoms. The summed E-state index contributed by atoms with van der Waals surface area (Å²) in [4.78, 5) is 36.7. The van der Waals surface area contributed by atoms with Crippen LogP contribution in [-0.4, -0.2) is 49.1 Å². The fourth-order valence-corrected chi connectivity index (χ4v) is 2.64. The van der Waals surface area contributed by atoms with Gasteiger partial charge in [-0.2, -0.15) is 5.10 Å². The van der Waals surface area contributed by atoms with Crippen molar-refractivity contribution in [1.82, 2.24) is 15.1 Å². The Kier molecular flexibility index (Phi) is 8.35. The van der Waals surface area contributed by atoms with E-state index >= 15 is 0 Å². The summed E-state index contributed by atoms with van der Waals surface area (Å²) in [7, 11) is 3.04. The maximum atomic E-state index is 12.8. The van der Waals surface area contributed by atoms with Gasteiger partial charge >= 0.3 is 5.97 Å². The SMILES string of the molecule is CCOC(=O)C[C@@H](NC(=O)c1ccc(=O)n(CCOC)n1)c1cccc(OC)c1. The molecule has 0 spiro atoms. The molecule has 0 radical (unpaired) electrons. The summed E-state index contributed by atoms with van der Waals surface area (Å²) in [6.07, 6.45) is -0.0595. The van der Waals surface area contributed by atoms with E-state index in [1.807, 2.05) is 0 Å². The molecule has 0 saturated carbocycles. The van der Waals surface area contributed by atoms with Crippen molar-refractivity contribution < 1.29 is 23.8 Å². The van der Waals surface area contributed by atoms with Crippen molar-refractivity contribution >= 4 is 11.9 Å². The molecule has 0 aliphatic rings. The molecule has 1 N–H and O–H groups in total. The van der Waals surface area contributed by atoms with E-state index in [1.54, 1.807) is 31.2 Å². The van der Waals surface area contributed by atoms with Gasteiger partial charge in [0.05, 0.1) is 39.3 Å².